The third-order valence-electron chi connectivity index (χ3n) is 4.58. The Morgan fingerprint density at radius 1 is 1.06 bits per heavy atom. The number of ether oxygens (including phenoxy) is 2. The molecule has 0 saturated heterocycles. The normalized spacial score (nSPS) is 11.9. The molecule has 1 aromatic heterocycles. The van der Waals surface area contributed by atoms with E-state index in [1.54, 1.807) is 38.4 Å². The maximum atomic E-state index is 13.7. The molecular formula is C22H22F2N2O5S. The number of rotatable bonds is 9. The predicted molar refractivity (Wildman–Crippen MR) is 117 cm³/mol. The predicted octanol–water partition coefficient (Wildman–Crippen LogP) is 3.79. The number of hydrogen-bond donors (Lipinski definition) is 2. The van der Waals surface area contributed by atoms with Crippen molar-refractivity contribution in [2.45, 2.75) is 13.3 Å². The van der Waals surface area contributed by atoms with E-state index in [0.29, 0.717) is 35.7 Å². The fourth-order valence-electron chi connectivity index (χ4n) is 3.07. The van der Waals surface area contributed by atoms with Crippen molar-refractivity contribution in [3.63, 3.8) is 0 Å². The van der Waals surface area contributed by atoms with Gasteiger partial charge in [-0.25, -0.2) is 17.7 Å². The molecule has 3 aromatic rings. The Hall–Kier alpha value is -3.08. The van der Waals surface area contributed by atoms with E-state index >= 15 is 0 Å². The summed E-state index contributed by atoms with van der Waals surface area (Å²) >= 11 is -2.13. The van der Waals surface area contributed by atoms with Crippen LogP contribution in [-0.4, -0.2) is 26.5 Å². The van der Waals surface area contributed by atoms with Crippen molar-refractivity contribution in [3.05, 3.63) is 76.2 Å². The van der Waals surface area contributed by atoms with Gasteiger partial charge >= 0.3 is 0 Å². The van der Waals surface area contributed by atoms with Crippen molar-refractivity contribution in [3.8, 4) is 28.4 Å². The van der Waals surface area contributed by atoms with Crippen LogP contribution in [0.2, 0.25) is 0 Å². The first kappa shape index (κ1) is 23.6. The van der Waals surface area contributed by atoms with E-state index in [1.165, 1.54) is 16.7 Å². The number of halogens is 2. The summed E-state index contributed by atoms with van der Waals surface area (Å²) in [5, 5.41) is 0. The molecule has 3 rings (SSSR count). The summed E-state index contributed by atoms with van der Waals surface area (Å²) in [5.41, 5.74) is 1.67. The number of benzene rings is 2. The minimum atomic E-state index is -2.13. The van der Waals surface area contributed by atoms with Crippen LogP contribution in [0.1, 0.15) is 12.5 Å². The van der Waals surface area contributed by atoms with Gasteiger partial charge in [-0.15, -0.1) is 0 Å². The Morgan fingerprint density at radius 3 is 2.53 bits per heavy atom. The molecule has 170 valence electrons. The lowest BCUT2D eigenvalue weighted by molar-refractivity contribution is 0.340. The van der Waals surface area contributed by atoms with Gasteiger partial charge in [-0.05, 0) is 43.2 Å². The molecular weight excluding hydrogens is 442 g/mol. The van der Waals surface area contributed by atoms with Gasteiger partial charge in [0.05, 0.1) is 6.61 Å². The Morgan fingerprint density at radius 2 is 1.84 bits per heavy atom. The molecule has 0 amide bonds. The maximum absolute atomic E-state index is 13.7. The Labute approximate surface area is 186 Å². The molecule has 10 heteroatoms. The highest BCUT2D eigenvalue weighted by atomic mass is 32.2. The van der Waals surface area contributed by atoms with Crippen molar-refractivity contribution < 1.29 is 27.0 Å². The zero-order chi connectivity index (χ0) is 23.3. The minimum absolute atomic E-state index is 0.0954. The van der Waals surface area contributed by atoms with Gasteiger partial charge in [-0.3, -0.25) is 9.35 Å². The van der Waals surface area contributed by atoms with E-state index in [1.807, 2.05) is 0 Å². The van der Waals surface area contributed by atoms with E-state index in [9.17, 15) is 17.8 Å². The van der Waals surface area contributed by atoms with E-state index in [-0.39, 0.29) is 17.9 Å². The third-order valence-corrected chi connectivity index (χ3v) is 5.03. The highest BCUT2D eigenvalue weighted by Gasteiger charge is 2.16. The smallest absolute Gasteiger partial charge is 0.254 e. The lowest BCUT2D eigenvalue weighted by Gasteiger charge is -2.17. The standard InChI is InChI=1S/C22H22F2N2O5S/c1-3-30-21-12-22(27)26(2)13-17(21)16-10-14(8-9-25-32(28)29)4-7-20(16)31-15-5-6-18(23)19(24)11-15/h4-7,10-13,25H,3,8-9H2,1-2H3,(H,28,29). The molecule has 0 radical (unpaired) electrons. The third kappa shape index (κ3) is 5.78. The second kappa shape index (κ2) is 10.5. The van der Waals surface area contributed by atoms with E-state index in [0.717, 1.165) is 17.7 Å². The summed E-state index contributed by atoms with van der Waals surface area (Å²) in [6.07, 6.45) is 2.03. The molecule has 1 heterocycles. The maximum Gasteiger partial charge on any atom is 0.254 e. The molecule has 32 heavy (non-hydrogen) atoms. The number of nitrogens with zero attached hydrogens (tertiary/aromatic N) is 1. The average molecular weight is 464 g/mol. The molecule has 0 aliphatic heterocycles. The molecule has 0 saturated carbocycles. The molecule has 2 aromatic carbocycles. The molecule has 0 fully saturated rings. The zero-order valence-electron chi connectivity index (χ0n) is 17.4. The number of aromatic nitrogens is 1. The van der Waals surface area contributed by atoms with Crippen LogP contribution in [0.5, 0.6) is 17.2 Å². The molecule has 1 atom stereocenters. The lowest BCUT2D eigenvalue weighted by Crippen LogP contribution is -2.19. The number of hydrogen-bond acceptors (Lipinski definition) is 4. The van der Waals surface area contributed by atoms with Gasteiger partial charge in [0, 0.05) is 43.0 Å². The monoisotopic (exact) mass is 464 g/mol. The fourth-order valence-corrected chi connectivity index (χ4v) is 3.35. The Balaban J connectivity index is 2.09. The molecule has 0 aliphatic carbocycles. The topological polar surface area (TPSA) is 89.8 Å². The quantitative estimate of drug-likeness (QED) is 0.471. The summed E-state index contributed by atoms with van der Waals surface area (Å²) in [7, 11) is 1.60. The highest BCUT2D eigenvalue weighted by molar-refractivity contribution is 7.77. The summed E-state index contributed by atoms with van der Waals surface area (Å²) in [6, 6.07) is 9.78. The fraction of sp³-hybridized carbons (Fsp3) is 0.227. The largest absolute Gasteiger partial charge is 0.493 e. The zero-order valence-corrected chi connectivity index (χ0v) is 18.2. The van der Waals surface area contributed by atoms with Crippen molar-refractivity contribution in [2.24, 2.45) is 7.05 Å². The SMILES string of the molecule is CCOc1cc(=O)n(C)cc1-c1cc(CCNS(=O)O)ccc1Oc1ccc(F)c(F)c1. The molecule has 0 spiro atoms. The first-order valence-electron chi connectivity index (χ1n) is 9.72. The van der Waals surface area contributed by atoms with E-state index in [4.69, 9.17) is 14.0 Å². The van der Waals surface area contributed by atoms with Crippen LogP contribution in [0.3, 0.4) is 0 Å². The van der Waals surface area contributed by atoms with Crippen LogP contribution in [0.25, 0.3) is 11.1 Å². The van der Waals surface area contributed by atoms with Crippen LogP contribution in [0.4, 0.5) is 8.78 Å². The van der Waals surface area contributed by atoms with Gasteiger partial charge in [0.1, 0.15) is 17.2 Å². The van der Waals surface area contributed by atoms with Crippen LogP contribution < -0.4 is 19.8 Å². The van der Waals surface area contributed by atoms with Gasteiger partial charge in [-0.2, -0.15) is 0 Å². The molecule has 0 bridgehead atoms. The van der Waals surface area contributed by atoms with Crippen molar-refractivity contribution >= 4 is 11.3 Å². The van der Waals surface area contributed by atoms with Crippen molar-refractivity contribution in [2.75, 3.05) is 13.2 Å². The summed E-state index contributed by atoms with van der Waals surface area (Å²) in [4.78, 5) is 12.1. The number of aryl methyl sites for hydroxylation is 1. The summed E-state index contributed by atoms with van der Waals surface area (Å²) in [5.74, 6) is -1.26. The van der Waals surface area contributed by atoms with Gasteiger partial charge in [0.2, 0.25) is 11.3 Å². The second-order valence-corrected chi connectivity index (χ2v) is 7.62. The van der Waals surface area contributed by atoms with Gasteiger partial charge in [0.15, 0.2) is 11.6 Å². The Bertz CT molecular complexity index is 1200. The van der Waals surface area contributed by atoms with Crippen LogP contribution >= 0.6 is 0 Å². The van der Waals surface area contributed by atoms with Crippen LogP contribution in [-0.2, 0) is 24.7 Å². The first-order valence-corrected chi connectivity index (χ1v) is 10.8. The van der Waals surface area contributed by atoms with Crippen LogP contribution in [0, 0.1) is 11.6 Å². The van der Waals surface area contributed by atoms with E-state index in [2.05, 4.69) is 4.72 Å². The molecule has 0 aliphatic rings. The molecule has 7 nitrogen and oxygen atoms in total. The highest BCUT2D eigenvalue weighted by Crippen LogP contribution is 2.38. The number of nitrogens with one attached hydrogen (secondary N) is 1. The van der Waals surface area contributed by atoms with Crippen molar-refractivity contribution in [1.82, 2.24) is 9.29 Å². The Kier molecular flexibility index (Phi) is 7.73. The first-order chi connectivity index (χ1) is 15.3. The van der Waals surface area contributed by atoms with Crippen LogP contribution in [0.15, 0.2) is 53.5 Å². The van der Waals surface area contributed by atoms with E-state index < -0.39 is 22.9 Å². The summed E-state index contributed by atoms with van der Waals surface area (Å²) in [6.45, 7) is 2.36. The van der Waals surface area contributed by atoms with Gasteiger partial charge in [0.25, 0.3) is 5.56 Å². The average Bonchev–Trinajstić information content (AvgIpc) is 2.74. The molecule has 2 N–H and O–H groups in total. The van der Waals surface area contributed by atoms with Gasteiger partial charge in [-0.1, -0.05) is 6.07 Å². The molecule has 1 unspecified atom stereocenters. The lowest BCUT2D eigenvalue weighted by atomic mass is 10.0. The number of pyridine rings is 1. The second-order valence-electron chi connectivity index (χ2n) is 6.84. The van der Waals surface area contributed by atoms with Crippen molar-refractivity contribution in [1.29, 1.82) is 0 Å². The minimum Gasteiger partial charge on any atom is -0.493 e. The summed E-state index contributed by atoms with van der Waals surface area (Å²) < 4.78 is 62.0. The van der Waals surface area contributed by atoms with Gasteiger partial charge < -0.3 is 14.0 Å².